The largest absolute Gasteiger partial charge is 0.481 e. The van der Waals surface area contributed by atoms with Gasteiger partial charge in [0.05, 0.1) is 0 Å². The molecule has 0 saturated carbocycles. The molecule has 1 amide bonds. The Kier molecular flexibility index (Phi) is 6.77. The molecule has 0 unspecified atom stereocenters. The molecule has 0 spiro atoms. The standard InChI is InChI=1S/C23H25NO2S/c1-17-6-5-7-19(14-17)16-27-13-12-24-23(25)18(2)26-22-11-10-20-8-3-4-9-21(20)15-22/h3-11,14-15,18H,12-13,16H2,1-2H3,(H,24,25)/t18-/m0/s1. The van der Waals surface area contributed by atoms with Crippen molar-refractivity contribution >= 4 is 28.4 Å². The summed E-state index contributed by atoms with van der Waals surface area (Å²) in [5.41, 5.74) is 2.60. The molecule has 3 rings (SSSR count). The van der Waals surface area contributed by atoms with Crippen LogP contribution in [0.25, 0.3) is 10.8 Å². The van der Waals surface area contributed by atoms with Gasteiger partial charge in [-0.25, -0.2) is 0 Å². The van der Waals surface area contributed by atoms with Crippen LogP contribution < -0.4 is 10.1 Å². The monoisotopic (exact) mass is 379 g/mol. The Labute approximate surface area is 165 Å². The lowest BCUT2D eigenvalue weighted by atomic mass is 10.1. The topological polar surface area (TPSA) is 38.3 Å². The van der Waals surface area contributed by atoms with Crippen LogP contribution in [-0.2, 0) is 10.5 Å². The fourth-order valence-electron chi connectivity index (χ4n) is 2.88. The third-order valence-corrected chi connectivity index (χ3v) is 5.33. The van der Waals surface area contributed by atoms with Gasteiger partial charge in [-0.1, -0.05) is 60.2 Å². The Morgan fingerprint density at radius 3 is 2.67 bits per heavy atom. The van der Waals surface area contributed by atoms with Crippen molar-refractivity contribution in [1.82, 2.24) is 5.32 Å². The van der Waals surface area contributed by atoms with E-state index in [4.69, 9.17) is 4.74 Å². The summed E-state index contributed by atoms with van der Waals surface area (Å²) in [7, 11) is 0. The fraction of sp³-hybridized carbons (Fsp3) is 0.261. The quantitative estimate of drug-likeness (QED) is 0.562. The van der Waals surface area contributed by atoms with Crippen molar-refractivity contribution in [3.05, 3.63) is 77.9 Å². The fourth-order valence-corrected chi connectivity index (χ4v) is 3.69. The average Bonchev–Trinajstić information content (AvgIpc) is 2.67. The Hall–Kier alpha value is -2.46. The molecule has 4 heteroatoms. The molecular formula is C23H25NO2S. The molecule has 0 aliphatic rings. The van der Waals surface area contributed by atoms with Crippen molar-refractivity contribution in [2.24, 2.45) is 0 Å². The second-order valence-electron chi connectivity index (χ2n) is 6.60. The first-order chi connectivity index (χ1) is 13.1. The van der Waals surface area contributed by atoms with Gasteiger partial charge in [0.2, 0.25) is 0 Å². The number of carbonyl (C=O) groups excluding carboxylic acids is 1. The first-order valence-electron chi connectivity index (χ1n) is 9.18. The summed E-state index contributed by atoms with van der Waals surface area (Å²) in [5, 5.41) is 5.22. The van der Waals surface area contributed by atoms with Gasteiger partial charge in [-0.2, -0.15) is 11.8 Å². The molecule has 3 nitrogen and oxygen atoms in total. The lowest BCUT2D eigenvalue weighted by Gasteiger charge is -2.15. The highest BCUT2D eigenvalue weighted by Crippen LogP contribution is 2.21. The molecule has 3 aromatic rings. The maximum atomic E-state index is 12.2. The van der Waals surface area contributed by atoms with Gasteiger partial charge < -0.3 is 10.1 Å². The second-order valence-corrected chi connectivity index (χ2v) is 7.71. The number of benzene rings is 3. The van der Waals surface area contributed by atoms with E-state index in [1.54, 1.807) is 6.92 Å². The summed E-state index contributed by atoms with van der Waals surface area (Å²) in [4.78, 5) is 12.2. The molecule has 0 aliphatic carbocycles. The van der Waals surface area contributed by atoms with Gasteiger partial charge in [0.1, 0.15) is 5.75 Å². The molecule has 3 aromatic carbocycles. The van der Waals surface area contributed by atoms with Gasteiger partial charge in [-0.05, 0) is 42.3 Å². The van der Waals surface area contributed by atoms with Crippen LogP contribution in [0.3, 0.4) is 0 Å². The smallest absolute Gasteiger partial charge is 0.260 e. The molecule has 0 aliphatic heterocycles. The highest BCUT2D eigenvalue weighted by molar-refractivity contribution is 7.98. The van der Waals surface area contributed by atoms with Crippen LogP contribution in [-0.4, -0.2) is 24.3 Å². The summed E-state index contributed by atoms with van der Waals surface area (Å²) in [6, 6.07) is 22.5. The van der Waals surface area contributed by atoms with E-state index in [9.17, 15) is 4.79 Å². The highest BCUT2D eigenvalue weighted by Gasteiger charge is 2.14. The van der Waals surface area contributed by atoms with Gasteiger partial charge in [-0.15, -0.1) is 0 Å². The Balaban J connectivity index is 1.40. The lowest BCUT2D eigenvalue weighted by Crippen LogP contribution is -2.37. The van der Waals surface area contributed by atoms with Crippen LogP contribution in [0.2, 0.25) is 0 Å². The van der Waals surface area contributed by atoms with E-state index in [1.165, 1.54) is 11.1 Å². The first kappa shape index (κ1) is 19.3. The minimum absolute atomic E-state index is 0.0840. The number of carbonyl (C=O) groups is 1. The number of aryl methyl sites for hydroxylation is 1. The number of ether oxygens (including phenoxy) is 1. The number of fused-ring (bicyclic) bond motifs is 1. The Bertz CT molecular complexity index is 910. The van der Waals surface area contributed by atoms with E-state index in [1.807, 2.05) is 48.2 Å². The van der Waals surface area contributed by atoms with Crippen LogP contribution in [0, 0.1) is 6.92 Å². The van der Waals surface area contributed by atoms with Gasteiger partial charge in [0.25, 0.3) is 5.91 Å². The van der Waals surface area contributed by atoms with E-state index in [0.717, 1.165) is 22.3 Å². The van der Waals surface area contributed by atoms with Crippen LogP contribution in [0.15, 0.2) is 66.7 Å². The molecule has 0 radical (unpaired) electrons. The number of hydrogen-bond donors (Lipinski definition) is 1. The molecule has 0 fully saturated rings. The Morgan fingerprint density at radius 1 is 1.04 bits per heavy atom. The molecule has 140 valence electrons. The molecule has 0 heterocycles. The van der Waals surface area contributed by atoms with Crippen molar-refractivity contribution in [2.45, 2.75) is 25.7 Å². The number of thioether (sulfide) groups is 1. The molecular weight excluding hydrogens is 354 g/mol. The maximum Gasteiger partial charge on any atom is 0.260 e. The third kappa shape index (κ3) is 5.76. The summed E-state index contributed by atoms with van der Waals surface area (Å²) in [6.07, 6.45) is -0.520. The molecule has 0 aromatic heterocycles. The van der Waals surface area contributed by atoms with Crippen LogP contribution in [0.1, 0.15) is 18.1 Å². The molecule has 0 saturated heterocycles. The lowest BCUT2D eigenvalue weighted by molar-refractivity contribution is -0.127. The van der Waals surface area contributed by atoms with E-state index < -0.39 is 6.10 Å². The van der Waals surface area contributed by atoms with Crippen molar-refractivity contribution in [3.63, 3.8) is 0 Å². The SMILES string of the molecule is Cc1cccc(CSCCNC(=O)[C@H](C)Oc2ccc3ccccc3c2)c1. The first-order valence-corrected chi connectivity index (χ1v) is 10.3. The van der Waals surface area contributed by atoms with Crippen LogP contribution in [0.5, 0.6) is 5.75 Å². The van der Waals surface area contributed by atoms with Crippen molar-refractivity contribution in [3.8, 4) is 5.75 Å². The predicted octanol–water partition coefficient (Wildman–Crippen LogP) is 4.97. The third-order valence-electron chi connectivity index (χ3n) is 4.30. The van der Waals surface area contributed by atoms with Crippen LogP contribution >= 0.6 is 11.8 Å². The summed E-state index contributed by atoms with van der Waals surface area (Å²) < 4.78 is 5.80. The second kappa shape index (κ2) is 9.47. The predicted molar refractivity (Wildman–Crippen MR) is 114 cm³/mol. The number of hydrogen-bond acceptors (Lipinski definition) is 3. The zero-order valence-corrected chi connectivity index (χ0v) is 16.6. The van der Waals surface area contributed by atoms with E-state index >= 15 is 0 Å². The Morgan fingerprint density at radius 2 is 1.85 bits per heavy atom. The van der Waals surface area contributed by atoms with E-state index in [0.29, 0.717) is 12.3 Å². The number of nitrogens with one attached hydrogen (secondary N) is 1. The highest BCUT2D eigenvalue weighted by atomic mass is 32.2. The van der Waals surface area contributed by atoms with E-state index in [-0.39, 0.29) is 5.91 Å². The van der Waals surface area contributed by atoms with Crippen molar-refractivity contribution < 1.29 is 9.53 Å². The molecule has 27 heavy (non-hydrogen) atoms. The van der Waals surface area contributed by atoms with Gasteiger partial charge in [-0.3, -0.25) is 4.79 Å². The normalized spacial score (nSPS) is 11.9. The van der Waals surface area contributed by atoms with Gasteiger partial charge in [0, 0.05) is 18.1 Å². The zero-order chi connectivity index (χ0) is 19.1. The molecule has 1 N–H and O–H groups in total. The van der Waals surface area contributed by atoms with Gasteiger partial charge in [0.15, 0.2) is 6.10 Å². The zero-order valence-electron chi connectivity index (χ0n) is 15.8. The maximum absolute atomic E-state index is 12.2. The van der Waals surface area contributed by atoms with Crippen molar-refractivity contribution in [2.75, 3.05) is 12.3 Å². The summed E-state index contributed by atoms with van der Waals surface area (Å²) in [5.74, 6) is 2.47. The summed E-state index contributed by atoms with van der Waals surface area (Å²) >= 11 is 1.82. The number of amides is 1. The van der Waals surface area contributed by atoms with Crippen LogP contribution in [0.4, 0.5) is 0 Å². The molecule has 0 bridgehead atoms. The minimum Gasteiger partial charge on any atom is -0.481 e. The van der Waals surface area contributed by atoms with Crippen molar-refractivity contribution in [1.29, 1.82) is 0 Å². The molecule has 1 atom stereocenters. The number of rotatable bonds is 8. The van der Waals surface area contributed by atoms with Gasteiger partial charge >= 0.3 is 0 Å². The van der Waals surface area contributed by atoms with E-state index in [2.05, 4.69) is 42.6 Å². The minimum atomic E-state index is -0.520. The average molecular weight is 380 g/mol. The summed E-state index contributed by atoms with van der Waals surface area (Å²) in [6.45, 7) is 4.52.